The van der Waals surface area contributed by atoms with Crippen molar-refractivity contribution in [1.29, 1.82) is 0 Å². The average Bonchev–Trinajstić information content (AvgIpc) is 2.49. The number of rotatable bonds is 10. The quantitative estimate of drug-likeness (QED) is 0.532. The molecule has 3 nitrogen and oxygen atoms in total. The maximum atomic E-state index is 11.1. The first-order chi connectivity index (χ1) is 9.76. The van der Waals surface area contributed by atoms with Crippen LogP contribution in [-0.2, 0) is 11.3 Å². The zero-order valence-electron chi connectivity index (χ0n) is 12.3. The monoisotopic (exact) mass is 296 g/mol. The fourth-order valence-electron chi connectivity index (χ4n) is 2.07. The van der Waals surface area contributed by atoms with Crippen molar-refractivity contribution in [3.05, 3.63) is 35.9 Å². The van der Waals surface area contributed by atoms with Crippen LogP contribution in [-0.4, -0.2) is 36.3 Å². The average molecular weight is 297 g/mol. The molecule has 0 unspecified atom stereocenters. The highest BCUT2D eigenvalue weighted by Gasteiger charge is 2.05. The second kappa shape index (κ2) is 10.7. The molecule has 0 saturated carbocycles. The third-order valence-electron chi connectivity index (χ3n) is 3.17. The number of benzene rings is 1. The van der Waals surface area contributed by atoms with Gasteiger partial charge in [0.15, 0.2) is 0 Å². The first-order valence-corrected chi connectivity index (χ1v) is 7.88. The Kier molecular flexibility index (Phi) is 9.09. The zero-order chi connectivity index (χ0) is 14.6. The highest BCUT2D eigenvalue weighted by molar-refractivity contribution is 6.27. The molecule has 0 radical (unpaired) electrons. The Labute approximate surface area is 127 Å². The number of halogens is 1. The minimum atomic E-state index is -0.0881. The van der Waals surface area contributed by atoms with Gasteiger partial charge in [0.1, 0.15) is 5.88 Å². The number of carbonyl (C=O) groups is 1. The van der Waals surface area contributed by atoms with Gasteiger partial charge in [-0.3, -0.25) is 9.69 Å². The van der Waals surface area contributed by atoms with Gasteiger partial charge >= 0.3 is 0 Å². The van der Waals surface area contributed by atoms with Gasteiger partial charge in [0.2, 0.25) is 5.91 Å². The Morgan fingerprint density at radius 1 is 1.20 bits per heavy atom. The molecule has 0 fully saturated rings. The smallest absolute Gasteiger partial charge is 0.234 e. The number of hydrogen-bond donors (Lipinski definition) is 1. The topological polar surface area (TPSA) is 32.3 Å². The standard InChI is InChI=1S/C16H25ClN2O/c1-2-3-11-19(12-7-10-18-16(20)13-17)14-15-8-5-4-6-9-15/h4-6,8-9H,2-3,7,10-14H2,1H3,(H,18,20). The van der Waals surface area contributed by atoms with Crippen LogP contribution in [0.25, 0.3) is 0 Å². The molecule has 0 heterocycles. The summed E-state index contributed by atoms with van der Waals surface area (Å²) in [6, 6.07) is 10.5. The van der Waals surface area contributed by atoms with Gasteiger partial charge in [0, 0.05) is 19.6 Å². The summed E-state index contributed by atoms with van der Waals surface area (Å²) < 4.78 is 0. The first kappa shape index (κ1) is 17.0. The lowest BCUT2D eigenvalue weighted by molar-refractivity contribution is -0.118. The molecule has 1 aromatic carbocycles. The normalized spacial score (nSPS) is 10.8. The van der Waals surface area contributed by atoms with Gasteiger partial charge in [-0.25, -0.2) is 0 Å². The molecule has 1 rings (SSSR count). The van der Waals surface area contributed by atoms with Crippen LogP contribution in [0.5, 0.6) is 0 Å². The number of alkyl halides is 1. The van der Waals surface area contributed by atoms with E-state index in [-0.39, 0.29) is 11.8 Å². The highest BCUT2D eigenvalue weighted by atomic mass is 35.5. The minimum Gasteiger partial charge on any atom is -0.355 e. The number of amides is 1. The number of nitrogens with one attached hydrogen (secondary N) is 1. The van der Waals surface area contributed by atoms with Crippen LogP contribution in [0, 0.1) is 0 Å². The molecule has 112 valence electrons. The maximum absolute atomic E-state index is 11.1. The van der Waals surface area contributed by atoms with Gasteiger partial charge < -0.3 is 5.32 Å². The molecular weight excluding hydrogens is 272 g/mol. The number of unbranched alkanes of at least 4 members (excludes halogenated alkanes) is 1. The summed E-state index contributed by atoms with van der Waals surface area (Å²) in [4.78, 5) is 13.5. The largest absolute Gasteiger partial charge is 0.355 e. The van der Waals surface area contributed by atoms with Crippen LogP contribution in [0.4, 0.5) is 0 Å². The van der Waals surface area contributed by atoms with Crippen LogP contribution in [0.15, 0.2) is 30.3 Å². The van der Waals surface area contributed by atoms with Crippen molar-refractivity contribution >= 4 is 17.5 Å². The van der Waals surface area contributed by atoms with Gasteiger partial charge in [-0.05, 0) is 24.9 Å². The van der Waals surface area contributed by atoms with Gasteiger partial charge in [-0.1, -0.05) is 43.7 Å². The zero-order valence-corrected chi connectivity index (χ0v) is 13.0. The Morgan fingerprint density at radius 3 is 2.55 bits per heavy atom. The fourth-order valence-corrected chi connectivity index (χ4v) is 2.17. The summed E-state index contributed by atoms with van der Waals surface area (Å²) in [5.74, 6) is -0.0429. The molecule has 1 N–H and O–H groups in total. The Balaban J connectivity index is 2.34. The summed E-state index contributed by atoms with van der Waals surface area (Å²) in [5.41, 5.74) is 1.34. The first-order valence-electron chi connectivity index (χ1n) is 7.35. The van der Waals surface area contributed by atoms with E-state index in [1.165, 1.54) is 18.4 Å². The Morgan fingerprint density at radius 2 is 1.90 bits per heavy atom. The van der Waals surface area contributed by atoms with E-state index in [4.69, 9.17) is 11.6 Å². The molecule has 0 aromatic heterocycles. The predicted molar refractivity (Wildman–Crippen MR) is 85.0 cm³/mol. The molecule has 4 heteroatoms. The van der Waals surface area contributed by atoms with Gasteiger partial charge in [0.25, 0.3) is 0 Å². The maximum Gasteiger partial charge on any atom is 0.234 e. The summed E-state index contributed by atoms with van der Waals surface area (Å²) in [6.07, 6.45) is 3.37. The second-order valence-electron chi connectivity index (χ2n) is 4.95. The van der Waals surface area contributed by atoms with Gasteiger partial charge in [-0.2, -0.15) is 0 Å². The van der Waals surface area contributed by atoms with Crippen LogP contribution >= 0.6 is 11.6 Å². The van der Waals surface area contributed by atoms with Crippen LogP contribution < -0.4 is 5.32 Å². The summed E-state index contributed by atoms with van der Waals surface area (Å²) in [6.45, 7) is 5.99. The molecule has 0 saturated heterocycles. The third-order valence-corrected chi connectivity index (χ3v) is 3.41. The molecule has 0 aliphatic heterocycles. The van der Waals surface area contributed by atoms with Crippen LogP contribution in [0.1, 0.15) is 31.7 Å². The third kappa shape index (κ3) is 7.51. The lowest BCUT2D eigenvalue weighted by atomic mass is 10.2. The van der Waals surface area contributed by atoms with E-state index < -0.39 is 0 Å². The Hall–Kier alpha value is -1.06. The molecule has 0 aliphatic rings. The molecule has 0 bridgehead atoms. The predicted octanol–water partition coefficient (Wildman–Crippen LogP) is 3.03. The summed E-state index contributed by atoms with van der Waals surface area (Å²) in [7, 11) is 0. The molecular formula is C16H25ClN2O. The molecule has 20 heavy (non-hydrogen) atoms. The van der Waals surface area contributed by atoms with E-state index in [2.05, 4.69) is 41.4 Å². The van der Waals surface area contributed by atoms with Crippen molar-refractivity contribution in [1.82, 2.24) is 10.2 Å². The molecule has 0 atom stereocenters. The number of nitrogens with zero attached hydrogens (tertiary/aromatic N) is 1. The van der Waals surface area contributed by atoms with Crippen molar-refractivity contribution in [3.63, 3.8) is 0 Å². The lowest BCUT2D eigenvalue weighted by Gasteiger charge is -2.22. The van der Waals surface area contributed by atoms with Crippen LogP contribution in [0.3, 0.4) is 0 Å². The van der Waals surface area contributed by atoms with E-state index >= 15 is 0 Å². The molecule has 0 spiro atoms. The minimum absolute atomic E-state index is 0.0452. The molecule has 1 aromatic rings. The van der Waals surface area contributed by atoms with E-state index in [1.807, 2.05) is 6.07 Å². The van der Waals surface area contributed by atoms with Crippen molar-refractivity contribution in [2.45, 2.75) is 32.7 Å². The van der Waals surface area contributed by atoms with E-state index in [0.29, 0.717) is 6.54 Å². The van der Waals surface area contributed by atoms with E-state index in [1.54, 1.807) is 0 Å². The van der Waals surface area contributed by atoms with E-state index in [0.717, 1.165) is 26.1 Å². The van der Waals surface area contributed by atoms with Crippen molar-refractivity contribution in [2.75, 3.05) is 25.5 Å². The SMILES string of the molecule is CCCCN(CCCNC(=O)CCl)Cc1ccccc1. The van der Waals surface area contributed by atoms with Crippen molar-refractivity contribution in [2.24, 2.45) is 0 Å². The summed E-state index contributed by atoms with van der Waals surface area (Å²) in [5, 5.41) is 2.81. The van der Waals surface area contributed by atoms with Crippen LogP contribution in [0.2, 0.25) is 0 Å². The molecule has 1 amide bonds. The molecule has 0 aliphatic carbocycles. The fraction of sp³-hybridized carbons (Fsp3) is 0.562. The number of hydrogen-bond acceptors (Lipinski definition) is 2. The number of carbonyl (C=O) groups excluding carboxylic acids is 1. The van der Waals surface area contributed by atoms with E-state index in [9.17, 15) is 4.79 Å². The van der Waals surface area contributed by atoms with Gasteiger partial charge in [-0.15, -0.1) is 11.6 Å². The van der Waals surface area contributed by atoms with Crippen molar-refractivity contribution in [3.8, 4) is 0 Å². The second-order valence-corrected chi connectivity index (χ2v) is 5.22. The lowest BCUT2D eigenvalue weighted by Crippen LogP contribution is -2.30. The van der Waals surface area contributed by atoms with Gasteiger partial charge in [0.05, 0.1) is 0 Å². The van der Waals surface area contributed by atoms with Crippen molar-refractivity contribution < 1.29 is 4.79 Å². The summed E-state index contributed by atoms with van der Waals surface area (Å²) >= 11 is 5.45. The highest BCUT2D eigenvalue weighted by Crippen LogP contribution is 2.06. The Bertz CT molecular complexity index is 370.